The lowest BCUT2D eigenvalue weighted by Crippen LogP contribution is -2.38. The van der Waals surface area contributed by atoms with Gasteiger partial charge in [0.2, 0.25) is 0 Å². The van der Waals surface area contributed by atoms with Gasteiger partial charge in [-0.05, 0) is 76.9 Å². The van der Waals surface area contributed by atoms with Crippen LogP contribution in [0.4, 0.5) is 5.69 Å². The molecule has 1 atom stereocenters. The average molecular weight is 477 g/mol. The molecule has 0 amide bonds. The van der Waals surface area contributed by atoms with E-state index in [2.05, 4.69) is 80.9 Å². The first-order valence-corrected chi connectivity index (χ1v) is 12.4. The first-order valence-electron chi connectivity index (χ1n) is 12.4. The fourth-order valence-corrected chi connectivity index (χ4v) is 5.30. The lowest BCUT2D eigenvalue weighted by Gasteiger charge is -2.37. The predicted molar refractivity (Wildman–Crippen MR) is 141 cm³/mol. The van der Waals surface area contributed by atoms with Crippen LogP contribution < -0.4 is 10.5 Å². The summed E-state index contributed by atoms with van der Waals surface area (Å²) in [5.74, 6) is 0.657. The molecule has 1 aliphatic rings. The summed E-state index contributed by atoms with van der Waals surface area (Å²) in [5, 5.41) is 13.9. The van der Waals surface area contributed by atoms with Crippen LogP contribution in [0.3, 0.4) is 0 Å². The first kappa shape index (κ1) is 22.2. The molecular weight excluding hydrogens is 448 g/mol. The SMILES string of the molecule is Cc1ccc2cc([C@H](c3nnnn3Cc3ccccc3)N3CCCc4ccccc43)c(=O)[nH]c2c1C. The maximum absolute atomic E-state index is 13.7. The molecule has 0 radical (unpaired) electrons. The predicted octanol–water partition coefficient (Wildman–Crippen LogP) is 4.72. The third-order valence-corrected chi connectivity index (χ3v) is 7.31. The van der Waals surface area contributed by atoms with Crippen molar-refractivity contribution < 1.29 is 0 Å². The third-order valence-electron chi connectivity index (χ3n) is 7.31. The molecule has 1 N–H and O–H groups in total. The van der Waals surface area contributed by atoms with Gasteiger partial charge in [-0.3, -0.25) is 4.79 Å². The number of tetrazole rings is 1. The lowest BCUT2D eigenvalue weighted by molar-refractivity contribution is 0.555. The van der Waals surface area contributed by atoms with Crippen LogP contribution in [0.1, 0.15) is 46.1 Å². The number of nitrogens with zero attached hydrogens (tertiary/aromatic N) is 5. The smallest absolute Gasteiger partial charge is 0.254 e. The highest BCUT2D eigenvalue weighted by atomic mass is 16.1. The van der Waals surface area contributed by atoms with Gasteiger partial charge in [0, 0.05) is 17.8 Å². The molecule has 0 bridgehead atoms. The number of hydrogen-bond donors (Lipinski definition) is 1. The van der Waals surface area contributed by atoms with Gasteiger partial charge in [0.05, 0.1) is 12.1 Å². The van der Waals surface area contributed by atoms with Gasteiger partial charge < -0.3 is 9.88 Å². The average Bonchev–Trinajstić information content (AvgIpc) is 3.35. The van der Waals surface area contributed by atoms with E-state index in [1.54, 1.807) is 0 Å². The molecule has 0 aliphatic carbocycles. The Morgan fingerprint density at radius 2 is 1.81 bits per heavy atom. The second-order valence-corrected chi connectivity index (χ2v) is 9.53. The monoisotopic (exact) mass is 476 g/mol. The summed E-state index contributed by atoms with van der Waals surface area (Å²) in [5.41, 5.74) is 7.16. The van der Waals surface area contributed by atoms with Crippen LogP contribution in [0.15, 0.2) is 77.6 Å². The second-order valence-electron chi connectivity index (χ2n) is 9.53. The number of aromatic nitrogens is 5. The van der Waals surface area contributed by atoms with Gasteiger partial charge in [-0.15, -0.1) is 5.10 Å². The number of aryl methyl sites for hydroxylation is 3. The number of nitrogens with one attached hydrogen (secondary N) is 1. The minimum atomic E-state index is -0.431. The highest BCUT2D eigenvalue weighted by Crippen LogP contribution is 2.37. The van der Waals surface area contributed by atoms with Crippen LogP contribution in [0.25, 0.3) is 10.9 Å². The number of benzene rings is 3. The molecule has 1 aliphatic heterocycles. The fraction of sp³-hybridized carbons (Fsp3) is 0.241. The Hall–Kier alpha value is -4.26. The highest BCUT2D eigenvalue weighted by Gasteiger charge is 2.33. The molecule has 36 heavy (non-hydrogen) atoms. The zero-order valence-electron chi connectivity index (χ0n) is 20.5. The molecule has 0 spiro atoms. The Labute approximate surface area is 209 Å². The van der Waals surface area contributed by atoms with E-state index in [0.717, 1.165) is 52.7 Å². The molecule has 2 aromatic heterocycles. The van der Waals surface area contributed by atoms with Crippen molar-refractivity contribution in [2.45, 2.75) is 39.3 Å². The zero-order chi connectivity index (χ0) is 24.6. The largest absolute Gasteiger partial charge is 0.357 e. The molecule has 0 saturated heterocycles. The Balaban J connectivity index is 1.55. The van der Waals surface area contributed by atoms with Crippen molar-refractivity contribution in [1.82, 2.24) is 25.2 Å². The Bertz CT molecular complexity index is 1600. The van der Waals surface area contributed by atoms with Crippen LogP contribution in [-0.2, 0) is 13.0 Å². The number of H-pyrrole nitrogens is 1. The normalized spacial score (nSPS) is 14.1. The van der Waals surface area contributed by atoms with Gasteiger partial charge in [0.1, 0.15) is 6.04 Å². The van der Waals surface area contributed by atoms with Gasteiger partial charge in [0.15, 0.2) is 5.82 Å². The highest BCUT2D eigenvalue weighted by molar-refractivity contribution is 5.83. The number of anilines is 1. The number of hydrogen-bond acceptors (Lipinski definition) is 5. The van der Waals surface area contributed by atoms with Crippen molar-refractivity contribution >= 4 is 16.6 Å². The van der Waals surface area contributed by atoms with Gasteiger partial charge >= 0.3 is 0 Å². The van der Waals surface area contributed by atoms with Crippen LogP contribution >= 0.6 is 0 Å². The van der Waals surface area contributed by atoms with Gasteiger partial charge in [-0.25, -0.2) is 4.68 Å². The lowest BCUT2D eigenvalue weighted by atomic mass is 9.95. The standard InChI is InChI=1S/C29H28N6O/c1-19-14-15-23-17-24(29(36)30-26(23)20(19)2)27(34-16-8-12-22-11-6-7-13-25(22)34)28-31-32-33-35(28)18-21-9-4-3-5-10-21/h3-7,9-11,13-15,17,27H,8,12,16,18H2,1-2H3,(H,30,36)/t27-/m1/s1. The molecule has 0 unspecified atom stereocenters. The topological polar surface area (TPSA) is 79.7 Å². The van der Waals surface area contributed by atoms with E-state index in [-0.39, 0.29) is 5.56 Å². The Kier molecular flexibility index (Phi) is 5.60. The number of pyridine rings is 1. The van der Waals surface area contributed by atoms with Crippen LogP contribution in [-0.4, -0.2) is 31.7 Å². The van der Waals surface area contributed by atoms with E-state index in [1.165, 1.54) is 5.56 Å². The number of rotatable bonds is 5. The molecule has 7 nitrogen and oxygen atoms in total. The van der Waals surface area contributed by atoms with Crippen molar-refractivity contribution in [3.63, 3.8) is 0 Å². The molecule has 180 valence electrons. The number of fused-ring (bicyclic) bond motifs is 2. The molecule has 0 fully saturated rings. The molecular formula is C29H28N6O. The van der Waals surface area contributed by atoms with Gasteiger partial charge in [-0.2, -0.15) is 0 Å². The molecule has 3 heterocycles. The van der Waals surface area contributed by atoms with Crippen molar-refractivity contribution in [3.05, 3.63) is 117 Å². The maximum atomic E-state index is 13.7. The Morgan fingerprint density at radius 1 is 1.00 bits per heavy atom. The first-order chi connectivity index (χ1) is 17.6. The summed E-state index contributed by atoms with van der Waals surface area (Å²) < 4.78 is 1.82. The second kappa shape index (κ2) is 9.07. The molecule has 6 rings (SSSR count). The van der Waals surface area contributed by atoms with E-state index in [1.807, 2.05) is 35.9 Å². The number of para-hydroxylation sites is 1. The van der Waals surface area contributed by atoms with Crippen molar-refractivity contribution in [2.75, 3.05) is 11.4 Å². The van der Waals surface area contributed by atoms with Crippen molar-refractivity contribution in [2.24, 2.45) is 0 Å². The summed E-state index contributed by atoms with van der Waals surface area (Å²) >= 11 is 0. The molecule has 3 aromatic carbocycles. The van der Waals surface area contributed by atoms with Crippen LogP contribution in [0, 0.1) is 13.8 Å². The minimum absolute atomic E-state index is 0.112. The molecule has 0 saturated carbocycles. The van der Waals surface area contributed by atoms with E-state index >= 15 is 0 Å². The van der Waals surface area contributed by atoms with E-state index in [0.29, 0.717) is 17.9 Å². The van der Waals surface area contributed by atoms with Crippen LogP contribution in [0.5, 0.6) is 0 Å². The van der Waals surface area contributed by atoms with Crippen LogP contribution in [0.2, 0.25) is 0 Å². The Morgan fingerprint density at radius 3 is 2.67 bits per heavy atom. The number of aromatic amines is 1. The summed E-state index contributed by atoms with van der Waals surface area (Å²) in [7, 11) is 0. The maximum Gasteiger partial charge on any atom is 0.254 e. The van der Waals surface area contributed by atoms with Gasteiger partial charge in [0.25, 0.3) is 5.56 Å². The molecule has 7 heteroatoms. The van der Waals surface area contributed by atoms with Gasteiger partial charge in [-0.1, -0.05) is 60.7 Å². The fourth-order valence-electron chi connectivity index (χ4n) is 5.30. The van der Waals surface area contributed by atoms with Crippen molar-refractivity contribution in [1.29, 1.82) is 0 Å². The quantitative estimate of drug-likeness (QED) is 0.397. The third kappa shape index (κ3) is 3.86. The zero-order valence-corrected chi connectivity index (χ0v) is 20.5. The van der Waals surface area contributed by atoms with E-state index < -0.39 is 6.04 Å². The summed E-state index contributed by atoms with van der Waals surface area (Å²) in [6, 6.07) is 24.3. The van der Waals surface area contributed by atoms with E-state index in [9.17, 15) is 4.79 Å². The summed E-state index contributed by atoms with van der Waals surface area (Å²) in [4.78, 5) is 19.2. The summed E-state index contributed by atoms with van der Waals surface area (Å²) in [6.07, 6.45) is 2.01. The van der Waals surface area contributed by atoms with E-state index in [4.69, 9.17) is 0 Å². The summed E-state index contributed by atoms with van der Waals surface area (Å²) in [6.45, 7) is 5.45. The molecule has 5 aromatic rings. The van der Waals surface area contributed by atoms with Crippen molar-refractivity contribution in [3.8, 4) is 0 Å². The minimum Gasteiger partial charge on any atom is -0.357 e.